The van der Waals surface area contributed by atoms with Crippen LogP contribution >= 0.6 is 9.91 Å². The number of carboxylic acids is 1. The van der Waals surface area contributed by atoms with Gasteiger partial charge in [0, 0.05) is 11.1 Å². The second kappa shape index (κ2) is 5.76. The second-order valence-electron chi connectivity index (χ2n) is 5.07. The third-order valence-electron chi connectivity index (χ3n) is 3.07. The van der Waals surface area contributed by atoms with Gasteiger partial charge in [0.2, 0.25) is 11.7 Å². The minimum atomic E-state index is -6.55. The van der Waals surface area contributed by atoms with E-state index in [0.717, 1.165) is 0 Å². The van der Waals surface area contributed by atoms with Crippen LogP contribution in [0, 0.1) is 0 Å². The number of alkyl halides is 2. The SMILES string of the molecule is C=C(Cc1nc(C(F)(F)c2ccc(S(=C)(F)(F)F)cc2)no1)C(=O)O. The average molecular weight is 382 g/mol. The van der Waals surface area contributed by atoms with Crippen molar-refractivity contribution in [1.82, 2.24) is 10.1 Å². The lowest BCUT2D eigenvalue weighted by molar-refractivity contribution is -0.132. The molecule has 5 nitrogen and oxygen atoms in total. The van der Waals surface area contributed by atoms with Crippen LogP contribution < -0.4 is 0 Å². The molecule has 2 rings (SSSR count). The summed E-state index contributed by atoms with van der Waals surface area (Å²) in [5.41, 5.74) is -1.13. The van der Waals surface area contributed by atoms with Crippen molar-refractivity contribution in [2.45, 2.75) is 17.2 Å². The smallest absolute Gasteiger partial charge is 0.335 e. The first-order valence-electron chi connectivity index (χ1n) is 6.45. The second-order valence-corrected chi connectivity index (χ2v) is 7.30. The Balaban J connectivity index is 2.30. The molecule has 0 radical (unpaired) electrons. The molecule has 0 spiro atoms. The predicted octanol–water partition coefficient (Wildman–Crippen LogP) is 4.18. The molecule has 0 saturated carbocycles. The van der Waals surface area contributed by atoms with Crippen molar-refractivity contribution in [3.8, 4) is 0 Å². The van der Waals surface area contributed by atoms with E-state index < -0.39 is 50.4 Å². The molecule has 2 aromatic rings. The van der Waals surface area contributed by atoms with Crippen LogP contribution in [0.5, 0.6) is 0 Å². The number of aliphatic carboxylic acids is 1. The van der Waals surface area contributed by atoms with E-state index in [1.54, 1.807) is 0 Å². The minimum absolute atomic E-state index is 0.349. The van der Waals surface area contributed by atoms with E-state index in [9.17, 15) is 25.2 Å². The molecule has 0 amide bonds. The molecule has 1 aromatic carbocycles. The number of carboxylic acid groups (broad SMARTS) is 1. The molecule has 0 aliphatic carbocycles. The fraction of sp³-hybridized carbons (Fsp3) is 0.143. The monoisotopic (exact) mass is 382 g/mol. The van der Waals surface area contributed by atoms with Gasteiger partial charge in [0.25, 0.3) is 0 Å². The van der Waals surface area contributed by atoms with E-state index in [1.807, 2.05) is 0 Å². The van der Waals surface area contributed by atoms with Crippen molar-refractivity contribution in [3.63, 3.8) is 0 Å². The fourth-order valence-corrected chi connectivity index (χ4v) is 2.39. The number of aromatic nitrogens is 2. The van der Waals surface area contributed by atoms with Gasteiger partial charge in [-0.3, -0.25) is 0 Å². The zero-order valence-corrected chi connectivity index (χ0v) is 13.2. The Morgan fingerprint density at radius 3 is 2.28 bits per heavy atom. The molecular weight excluding hydrogens is 371 g/mol. The first-order chi connectivity index (χ1) is 11.3. The lowest BCUT2D eigenvalue weighted by Gasteiger charge is -2.21. The molecule has 25 heavy (non-hydrogen) atoms. The normalized spacial score (nSPS) is 13.9. The van der Waals surface area contributed by atoms with Crippen LogP contribution in [0.25, 0.3) is 0 Å². The third kappa shape index (κ3) is 4.10. The molecule has 0 aliphatic rings. The Kier molecular flexibility index (Phi) is 4.32. The van der Waals surface area contributed by atoms with Crippen LogP contribution in [0.4, 0.5) is 20.4 Å². The quantitative estimate of drug-likeness (QED) is 0.461. The molecule has 0 bridgehead atoms. The summed E-state index contributed by atoms with van der Waals surface area (Å²) in [4.78, 5) is 12.9. The van der Waals surface area contributed by atoms with E-state index >= 15 is 0 Å². The van der Waals surface area contributed by atoms with Crippen LogP contribution in [-0.2, 0) is 17.1 Å². The van der Waals surface area contributed by atoms with Gasteiger partial charge in [-0.1, -0.05) is 23.9 Å². The molecule has 0 unspecified atom stereocenters. The number of halogens is 5. The molecule has 1 aromatic heterocycles. The van der Waals surface area contributed by atoms with Crippen molar-refractivity contribution >= 4 is 21.7 Å². The maximum absolute atomic E-state index is 14.3. The van der Waals surface area contributed by atoms with Crippen LogP contribution in [0.15, 0.2) is 45.8 Å². The van der Waals surface area contributed by atoms with Gasteiger partial charge in [-0.15, -0.1) is 11.7 Å². The average Bonchev–Trinajstić information content (AvgIpc) is 2.95. The summed E-state index contributed by atoms with van der Waals surface area (Å²) >= 11 is 0. The molecular formula is C14H11F5N2O3S. The molecule has 1 heterocycles. The van der Waals surface area contributed by atoms with Crippen molar-refractivity contribution in [2.75, 3.05) is 0 Å². The topological polar surface area (TPSA) is 76.2 Å². The van der Waals surface area contributed by atoms with Gasteiger partial charge in [0.05, 0.1) is 11.3 Å². The van der Waals surface area contributed by atoms with Gasteiger partial charge in [0.1, 0.15) is 0 Å². The number of benzene rings is 1. The summed E-state index contributed by atoms with van der Waals surface area (Å²) in [5.74, 6) is -4.50. The molecule has 0 fully saturated rings. The van der Waals surface area contributed by atoms with Crippen molar-refractivity contribution in [1.29, 1.82) is 0 Å². The van der Waals surface area contributed by atoms with Gasteiger partial charge < -0.3 is 9.63 Å². The Morgan fingerprint density at radius 1 is 1.24 bits per heavy atom. The Labute approximate surface area is 138 Å². The molecule has 136 valence electrons. The zero-order chi connectivity index (χ0) is 19.1. The van der Waals surface area contributed by atoms with Crippen LogP contribution in [0.3, 0.4) is 0 Å². The summed E-state index contributed by atoms with van der Waals surface area (Å²) in [6.07, 6.45) is -0.446. The maximum Gasteiger partial charge on any atom is 0.335 e. The Hall–Kier alpha value is -2.56. The predicted molar refractivity (Wildman–Crippen MR) is 80.5 cm³/mol. The minimum Gasteiger partial charge on any atom is -0.478 e. The lowest BCUT2D eigenvalue weighted by Crippen LogP contribution is -2.17. The highest BCUT2D eigenvalue weighted by Gasteiger charge is 2.40. The molecule has 0 saturated heterocycles. The third-order valence-corrected chi connectivity index (χ3v) is 4.21. The van der Waals surface area contributed by atoms with Crippen molar-refractivity contribution in [3.05, 3.63) is 53.7 Å². The standard InChI is InChI=1S/C14H11F5N2O3S/c1-8(12(22)23)7-11-20-13(21-24-11)14(15,16)9-3-5-10(6-4-9)25(2,17,18)19/h3-6H,1-2,7H2,(H,22,23). The van der Waals surface area contributed by atoms with E-state index in [4.69, 9.17) is 5.11 Å². The van der Waals surface area contributed by atoms with Gasteiger partial charge in [-0.25, -0.2) is 4.79 Å². The highest BCUT2D eigenvalue weighted by atomic mass is 32.4. The van der Waals surface area contributed by atoms with Gasteiger partial charge in [0.15, 0.2) is 9.91 Å². The summed E-state index contributed by atoms with van der Waals surface area (Å²) < 4.78 is 72.5. The maximum atomic E-state index is 14.3. The molecule has 0 aliphatic heterocycles. The van der Waals surface area contributed by atoms with Gasteiger partial charge in [-0.2, -0.15) is 13.8 Å². The van der Waals surface area contributed by atoms with E-state index in [-0.39, 0.29) is 5.57 Å². The highest BCUT2D eigenvalue weighted by molar-refractivity contribution is 8.34. The number of hydrogen-bond donors (Lipinski definition) is 1. The zero-order valence-electron chi connectivity index (χ0n) is 12.4. The van der Waals surface area contributed by atoms with Crippen LogP contribution in [0.2, 0.25) is 0 Å². The largest absolute Gasteiger partial charge is 0.478 e. The summed E-state index contributed by atoms with van der Waals surface area (Å²) in [7, 11) is -6.55. The Morgan fingerprint density at radius 2 is 1.80 bits per heavy atom. The van der Waals surface area contributed by atoms with E-state index in [2.05, 4.69) is 27.1 Å². The number of hydrogen-bond acceptors (Lipinski definition) is 4. The van der Waals surface area contributed by atoms with Crippen molar-refractivity contribution in [2.24, 2.45) is 0 Å². The van der Waals surface area contributed by atoms with Crippen LogP contribution in [0.1, 0.15) is 17.3 Å². The molecule has 11 heteroatoms. The first-order valence-corrected chi connectivity index (χ1v) is 8.36. The molecule has 1 N–H and O–H groups in total. The fourth-order valence-electron chi connectivity index (χ4n) is 1.76. The van der Waals surface area contributed by atoms with Gasteiger partial charge >= 0.3 is 11.9 Å². The molecule has 0 atom stereocenters. The lowest BCUT2D eigenvalue weighted by atomic mass is 10.1. The first kappa shape index (κ1) is 18.8. The summed E-state index contributed by atoms with van der Waals surface area (Å²) in [5, 5.41) is 11.7. The summed E-state index contributed by atoms with van der Waals surface area (Å²) in [6, 6.07) is 2.21. The Bertz CT molecular complexity index is 890. The van der Waals surface area contributed by atoms with Crippen molar-refractivity contribution < 1.29 is 34.9 Å². The summed E-state index contributed by atoms with van der Waals surface area (Å²) in [6.45, 7) is 3.19. The van der Waals surface area contributed by atoms with Gasteiger partial charge in [-0.05, 0) is 18.0 Å². The number of nitrogens with zero attached hydrogens (tertiary/aromatic N) is 2. The highest BCUT2D eigenvalue weighted by Crippen LogP contribution is 2.68. The van der Waals surface area contributed by atoms with E-state index in [1.165, 1.54) is 0 Å². The number of rotatable bonds is 6. The number of carbonyl (C=O) groups is 1. The van der Waals surface area contributed by atoms with E-state index in [0.29, 0.717) is 24.3 Å². The van der Waals surface area contributed by atoms with Crippen LogP contribution in [-0.4, -0.2) is 27.1 Å².